The van der Waals surface area contributed by atoms with E-state index in [-0.39, 0.29) is 12.5 Å². The molecule has 2 heterocycles. The number of nitrogens with one attached hydrogen (secondary N) is 1. The van der Waals surface area contributed by atoms with E-state index in [9.17, 15) is 4.79 Å². The second kappa shape index (κ2) is 7.00. The molecule has 24 heavy (non-hydrogen) atoms. The Morgan fingerprint density at radius 3 is 2.79 bits per heavy atom. The molecule has 0 saturated heterocycles. The molecule has 0 aliphatic carbocycles. The predicted molar refractivity (Wildman–Crippen MR) is 95.8 cm³/mol. The summed E-state index contributed by atoms with van der Waals surface area (Å²) in [4.78, 5) is 12.3. The van der Waals surface area contributed by atoms with Crippen LogP contribution in [0.1, 0.15) is 17.0 Å². The molecule has 7 heteroatoms. The molecule has 1 aromatic carbocycles. The molecular formula is C17H18BrN5O. The van der Waals surface area contributed by atoms with Gasteiger partial charge in [-0.15, -0.1) is 0 Å². The quantitative estimate of drug-likeness (QED) is 0.731. The van der Waals surface area contributed by atoms with E-state index in [0.717, 1.165) is 27.1 Å². The number of hydrogen-bond acceptors (Lipinski definition) is 3. The van der Waals surface area contributed by atoms with Gasteiger partial charge < -0.3 is 5.32 Å². The molecule has 0 atom stereocenters. The highest BCUT2D eigenvalue weighted by Crippen LogP contribution is 2.19. The second-order valence-corrected chi connectivity index (χ2v) is 6.39. The van der Waals surface area contributed by atoms with Gasteiger partial charge in [-0.1, -0.05) is 12.1 Å². The van der Waals surface area contributed by atoms with E-state index in [1.165, 1.54) is 0 Å². The van der Waals surface area contributed by atoms with Gasteiger partial charge in [0.05, 0.1) is 22.4 Å². The highest BCUT2D eigenvalue weighted by Gasteiger charge is 2.12. The minimum Gasteiger partial charge on any atom is -0.324 e. The maximum atomic E-state index is 12.3. The first kappa shape index (κ1) is 16.4. The first-order valence-electron chi connectivity index (χ1n) is 7.58. The Labute approximate surface area is 148 Å². The first-order chi connectivity index (χ1) is 11.5. The highest BCUT2D eigenvalue weighted by atomic mass is 79.9. The molecular weight excluding hydrogens is 370 g/mol. The van der Waals surface area contributed by atoms with Crippen molar-refractivity contribution < 1.29 is 4.79 Å². The van der Waals surface area contributed by atoms with Gasteiger partial charge in [-0.25, -0.2) is 0 Å². The van der Waals surface area contributed by atoms with Crippen molar-refractivity contribution in [2.75, 3.05) is 5.32 Å². The number of halogens is 1. The average Bonchev–Trinajstić information content (AvgIpc) is 3.13. The number of rotatable bonds is 5. The smallest absolute Gasteiger partial charge is 0.246 e. The maximum Gasteiger partial charge on any atom is 0.246 e. The number of anilines is 1. The largest absolute Gasteiger partial charge is 0.324 e. The van der Waals surface area contributed by atoms with Crippen LogP contribution in [0.4, 0.5) is 5.69 Å². The summed E-state index contributed by atoms with van der Waals surface area (Å²) >= 11 is 3.47. The topological polar surface area (TPSA) is 64.7 Å². The Kier molecular flexibility index (Phi) is 4.80. The van der Waals surface area contributed by atoms with Crippen molar-refractivity contribution in [3.8, 4) is 0 Å². The number of nitrogens with zero attached hydrogens (tertiary/aromatic N) is 4. The van der Waals surface area contributed by atoms with Crippen LogP contribution in [0.5, 0.6) is 0 Å². The molecule has 3 rings (SSSR count). The van der Waals surface area contributed by atoms with Crippen LogP contribution < -0.4 is 5.32 Å². The molecule has 124 valence electrons. The van der Waals surface area contributed by atoms with E-state index in [2.05, 4.69) is 31.4 Å². The summed E-state index contributed by atoms with van der Waals surface area (Å²) in [5.41, 5.74) is 3.66. The minimum absolute atomic E-state index is 0.107. The fraction of sp³-hybridized carbons (Fsp3) is 0.235. The number of amides is 1. The molecule has 0 unspecified atom stereocenters. The molecule has 1 amide bonds. The lowest BCUT2D eigenvalue weighted by atomic mass is 10.2. The Bertz CT molecular complexity index is 854. The van der Waals surface area contributed by atoms with E-state index in [4.69, 9.17) is 0 Å². The van der Waals surface area contributed by atoms with Gasteiger partial charge in [-0.2, -0.15) is 10.2 Å². The van der Waals surface area contributed by atoms with Crippen LogP contribution in [0.15, 0.2) is 47.2 Å². The number of aromatic nitrogens is 4. The zero-order valence-corrected chi connectivity index (χ0v) is 15.1. The van der Waals surface area contributed by atoms with Crippen LogP contribution in [0.25, 0.3) is 0 Å². The number of benzene rings is 1. The van der Waals surface area contributed by atoms with Crippen molar-refractivity contribution in [3.63, 3.8) is 0 Å². The van der Waals surface area contributed by atoms with Crippen molar-refractivity contribution in [3.05, 3.63) is 64.1 Å². The van der Waals surface area contributed by atoms with Gasteiger partial charge in [0.25, 0.3) is 0 Å². The molecule has 1 N–H and O–H groups in total. The zero-order chi connectivity index (χ0) is 17.1. The summed E-state index contributed by atoms with van der Waals surface area (Å²) in [5, 5.41) is 11.5. The zero-order valence-electron chi connectivity index (χ0n) is 13.5. The molecule has 2 aromatic heterocycles. The third-order valence-electron chi connectivity index (χ3n) is 3.70. The van der Waals surface area contributed by atoms with E-state index in [0.29, 0.717) is 6.54 Å². The van der Waals surface area contributed by atoms with Crippen LogP contribution in [0.2, 0.25) is 0 Å². The van der Waals surface area contributed by atoms with E-state index >= 15 is 0 Å². The monoisotopic (exact) mass is 387 g/mol. The fourth-order valence-corrected chi connectivity index (χ4v) is 2.78. The molecule has 0 fully saturated rings. The standard InChI is InChI=1S/C17H18BrN5O/c1-12-17(18)13(2)23(21-12)11-16(24)20-15-6-3-5-14(9-15)10-22-8-4-7-19-22/h3-9H,10-11H2,1-2H3,(H,20,24). The van der Waals surface area contributed by atoms with Crippen molar-refractivity contribution in [1.29, 1.82) is 0 Å². The van der Waals surface area contributed by atoms with Gasteiger partial charge in [0.1, 0.15) is 6.54 Å². The summed E-state index contributed by atoms with van der Waals surface area (Å²) in [6.07, 6.45) is 3.66. The Hall–Kier alpha value is -2.41. The predicted octanol–water partition coefficient (Wildman–Crippen LogP) is 3.15. The number of carbonyl (C=O) groups excluding carboxylic acids is 1. The average molecular weight is 388 g/mol. The SMILES string of the molecule is Cc1nn(CC(=O)Nc2cccc(Cn3cccn3)c2)c(C)c1Br. The fourth-order valence-electron chi connectivity index (χ4n) is 2.49. The van der Waals surface area contributed by atoms with E-state index in [1.807, 2.05) is 55.1 Å². The van der Waals surface area contributed by atoms with Crippen LogP contribution in [0, 0.1) is 13.8 Å². The van der Waals surface area contributed by atoms with Crippen LogP contribution in [-0.4, -0.2) is 25.5 Å². The summed E-state index contributed by atoms with van der Waals surface area (Å²) in [6, 6.07) is 9.65. The van der Waals surface area contributed by atoms with Gasteiger partial charge in [-0.3, -0.25) is 14.2 Å². The van der Waals surface area contributed by atoms with Gasteiger partial charge in [-0.05, 0) is 53.5 Å². The summed E-state index contributed by atoms with van der Waals surface area (Å²) < 4.78 is 4.48. The van der Waals surface area contributed by atoms with Crippen molar-refractivity contribution >= 4 is 27.5 Å². The maximum absolute atomic E-state index is 12.3. The molecule has 0 radical (unpaired) electrons. The second-order valence-electron chi connectivity index (χ2n) is 5.59. The molecule has 0 spiro atoms. The number of hydrogen-bond donors (Lipinski definition) is 1. The third-order valence-corrected chi connectivity index (χ3v) is 4.85. The van der Waals surface area contributed by atoms with Crippen molar-refractivity contribution in [2.45, 2.75) is 26.9 Å². The summed E-state index contributed by atoms with van der Waals surface area (Å²) in [5.74, 6) is -0.107. The Morgan fingerprint density at radius 2 is 2.12 bits per heavy atom. The van der Waals surface area contributed by atoms with Crippen LogP contribution >= 0.6 is 15.9 Å². The molecule has 0 saturated carbocycles. The van der Waals surface area contributed by atoms with Gasteiger partial charge in [0.2, 0.25) is 5.91 Å². The number of carbonyl (C=O) groups is 1. The van der Waals surface area contributed by atoms with E-state index < -0.39 is 0 Å². The summed E-state index contributed by atoms with van der Waals surface area (Å²) in [7, 11) is 0. The Balaban J connectivity index is 1.67. The normalized spacial score (nSPS) is 10.8. The Morgan fingerprint density at radius 1 is 1.29 bits per heavy atom. The van der Waals surface area contributed by atoms with Crippen LogP contribution in [0.3, 0.4) is 0 Å². The molecule has 0 aliphatic rings. The highest BCUT2D eigenvalue weighted by molar-refractivity contribution is 9.10. The van der Waals surface area contributed by atoms with Crippen molar-refractivity contribution in [2.24, 2.45) is 0 Å². The lowest BCUT2D eigenvalue weighted by Crippen LogP contribution is -2.20. The first-order valence-corrected chi connectivity index (χ1v) is 8.38. The third kappa shape index (κ3) is 3.73. The summed E-state index contributed by atoms with van der Waals surface area (Å²) in [6.45, 7) is 4.69. The van der Waals surface area contributed by atoms with Gasteiger partial charge >= 0.3 is 0 Å². The number of aryl methyl sites for hydroxylation is 1. The molecule has 3 aromatic rings. The lowest BCUT2D eigenvalue weighted by molar-refractivity contribution is -0.116. The van der Waals surface area contributed by atoms with Gasteiger partial charge in [0, 0.05) is 18.1 Å². The molecule has 0 bridgehead atoms. The van der Waals surface area contributed by atoms with E-state index in [1.54, 1.807) is 10.9 Å². The van der Waals surface area contributed by atoms with Gasteiger partial charge in [0.15, 0.2) is 0 Å². The van der Waals surface area contributed by atoms with Crippen LogP contribution in [-0.2, 0) is 17.9 Å². The minimum atomic E-state index is -0.107. The molecule has 0 aliphatic heterocycles. The molecule has 6 nitrogen and oxygen atoms in total. The van der Waals surface area contributed by atoms with Crippen molar-refractivity contribution in [1.82, 2.24) is 19.6 Å². The lowest BCUT2D eigenvalue weighted by Gasteiger charge is -2.09.